The lowest BCUT2D eigenvalue weighted by Crippen LogP contribution is -2.54. The molecule has 0 saturated heterocycles. The lowest BCUT2D eigenvalue weighted by molar-refractivity contribution is 0.656. The van der Waals surface area contributed by atoms with Crippen molar-refractivity contribution >= 4 is 15.6 Å². The van der Waals surface area contributed by atoms with Gasteiger partial charge >= 0.3 is 0 Å². The van der Waals surface area contributed by atoms with Gasteiger partial charge in [-0.05, 0) is 17.3 Å². The second-order valence-corrected chi connectivity index (χ2v) is 10.7. The smallest absolute Gasteiger partial charge is 0.270 e. The molecule has 1 aliphatic rings. The van der Waals surface area contributed by atoms with Crippen molar-refractivity contribution in [3.8, 4) is 0 Å². The number of nitrogens with zero attached hydrogens (tertiary/aromatic N) is 1. The second kappa shape index (κ2) is 3.61. The van der Waals surface area contributed by atoms with Crippen LogP contribution in [-0.4, -0.2) is 20.1 Å². The van der Waals surface area contributed by atoms with E-state index in [0.29, 0.717) is 5.04 Å². The quantitative estimate of drug-likeness (QED) is 0.595. The van der Waals surface area contributed by atoms with Crippen molar-refractivity contribution in [3.05, 3.63) is 23.8 Å². The molecule has 0 saturated carbocycles. The summed E-state index contributed by atoms with van der Waals surface area (Å²) in [4.78, 5) is 0. The Labute approximate surface area is 90.2 Å². The first-order valence-corrected chi connectivity index (χ1v) is 8.18. The van der Waals surface area contributed by atoms with E-state index < -0.39 is 8.24 Å². The third kappa shape index (κ3) is 2.14. The molecule has 77 valence electrons. The summed E-state index contributed by atoms with van der Waals surface area (Å²) in [5, 5.41) is 0.394. The Kier molecular flexibility index (Phi) is 3.00. The molecule has 1 heterocycles. The fourth-order valence-corrected chi connectivity index (χ4v) is 3.09. The molecule has 0 aromatic carbocycles. The zero-order valence-electron chi connectivity index (χ0n) is 10.3. The minimum atomic E-state index is -1.40. The highest BCUT2D eigenvalue weighted by molar-refractivity contribution is 6.83. The molecule has 0 fully saturated rings. The first kappa shape index (κ1) is 11.6. The summed E-state index contributed by atoms with van der Waals surface area (Å²) >= 11 is 0. The lowest BCUT2D eigenvalue weighted by atomic mass is 9.82. The van der Waals surface area contributed by atoms with Gasteiger partial charge in [0.2, 0.25) is 0 Å². The van der Waals surface area contributed by atoms with Gasteiger partial charge in [-0.3, -0.25) is 0 Å². The van der Waals surface area contributed by atoms with Gasteiger partial charge in [-0.25, -0.2) is 0 Å². The van der Waals surface area contributed by atoms with E-state index in [4.69, 9.17) is 0 Å². The van der Waals surface area contributed by atoms with Crippen LogP contribution in [0.5, 0.6) is 0 Å². The highest BCUT2D eigenvalue weighted by Gasteiger charge is 2.40. The molecule has 0 amide bonds. The fourth-order valence-electron chi connectivity index (χ4n) is 1.33. The Balaban J connectivity index is 2.86. The van der Waals surface area contributed by atoms with Crippen LogP contribution in [0.3, 0.4) is 0 Å². The van der Waals surface area contributed by atoms with Gasteiger partial charge in [0, 0.05) is 0 Å². The predicted molar refractivity (Wildman–Crippen MR) is 67.7 cm³/mol. The fraction of sp³-hybridized carbons (Fsp3) is 0.636. The Morgan fingerprint density at radius 1 is 1.29 bits per heavy atom. The zero-order valence-corrected chi connectivity index (χ0v) is 11.3. The van der Waals surface area contributed by atoms with E-state index >= 15 is 0 Å². The Morgan fingerprint density at radius 3 is 2.29 bits per heavy atom. The van der Waals surface area contributed by atoms with Gasteiger partial charge in [0.25, 0.3) is 7.41 Å². The molecule has 0 aromatic rings. The first-order chi connectivity index (χ1) is 6.25. The minimum Gasteiger partial charge on any atom is -0.448 e. The molecule has 1 nitrogen and oxygen atoms in total. The highest BCUT2D eigenvalue weighted by Crippen LogP contribution is 2.38. The Bertz CT molecular complexity index is 274. The molecule has 14 heavy (non-hydrogen) atoms. The summed E-state index contributed by atoms with van der Waals surface area (Å²) in [6.07, 6.45) is 6.52. The molecule has 0 N–H and O–H groups in total. The van der Waals surface area contributed by atoms with Crippen molar-refractivity contribution in [2.45, 2.75) is 45.8 Å². The number of allylic oxidation sites excluding steroid dienone is 3. The SMILES string of the molecule is CC1=CC=CN([Si](C)(C)C(C)(C)C)[B]1. The van der Waals surface area contributed by atoms with Gasteiger partial charge in [-0.1, -0.05) is 52.3 Å². The third-order valence-corrected chi connectivity index (χ3v) is 8.67. The average Bonchev–Trinajstić information content (AvgIpc) is 2.02. The number of hydrogen-bond acceptors (Lipinski definition) is 1. The molecule has 0 unspecified atom stereocenters. The van der Waals surface area contributed by atoms with Gasteiger partial charge in [0.05, 0.1) is 0 Å². The zero-order chi connectivity index (χ0) is 11.0. The largest absolute Gasteiger partial charge is 0.448 e. The van der Waals surface area contributed by atoms with Crippen molar-refractivity contribution in [1.29, 1.82) is 0 Å². The van der Waals surface area contributed by atoms with Crippen LogP contribution in [0.15, 0.2) is 23.8 Å². The maximum Gasteiger partial charge on any atom is 0.270 e. The normalized spacial score (nSPS) is 17.9. The topological polar surface area (TPSA) is 3.24 Å². The van der Waals surface area contributed by atoms with Crippen LogP contribution < -0.4 is 0 Å². The van der Waals surface area contributed by atoms with Crippen LogP contribution in [0.25, 0.3) is 0 Å². The van der Waals surface area contributed by atoms with E-state index in [1.165, 1.54) is 5.47 Å². The average molecular weight is 206 g/mol. The van der Waals surface area contributed by atoms with Gasteiger partial charge < -0.3 is 4.48 Å². The summed E-state index contributed by atoms with van der Waals surface area (Å²) < 4.78 is 2.45. The van der Waals surface area contributed by atoms with E-state index in [1.807, 2.05) is 0 Å². The first-order valence-electron chi connectivity index (χ1n) is 5.23. The van der Waals surface area contributed by atoms with Crippen LogP contribution in [0.1, 0.15) is 27.7 Å². The van der Waals surface area contributed by atoms with Crippen molar-refractivity contribution in [1.82, 2.24) is 4.48 Å². The Morgan fingerprint density at radius 2 is 1.86 bits per heavy atom. The van der Waals surface area contributed by atoms with Crippen LogP contribution in [0.4, 0.5) is 0 Å². The van der Waals surface area contributed by atoms with E-state index in [9.17, 15) is 0 Å². The molecule has 0 aliphatic carbocycles. The van der Waals surface area contributed by atoms with E-state index in [2.05, 4.69) is 71.0 Å². The van der Waals surface area contributed by atoms with Crippen molar-refractivity contribution < 1.29 is 0 Å². The van der Waals surface area contributed by atoms with Gasteiger partial charge in [0.15, 0.2) is 0 Å². The maximum atomic E-state index is 2.45. The highest BCUT2D eigenvalue weighted by atomic mass is 28.3. The number of rotatable bonds is 1. The van der Waals surface area contributed by atoms with Crippen molar-refractivity contribution in [2.75, 3.05) is 0 Å². The van der Waals surface area contributed by atoms with Gasteiger partial charge in [-0.2, -0.15) is 0 Å². The summed E-state index contributed by atoms with van der Waals surface area (Å²) in [6, 6.07) is 0. The van der Waals surface area contributed by atoms with E-state index in [0.717, 1.165) is 0 Å². The molecule has 0 atom stereocenters. The monoisotopic (exact) mass is 206 g/mol. The summed E-state index contributed by atoms with van der Waals surface area (Å²) in [7, 11) is 0.880. The maximum absolute atomic E-state index is 2.45. The Hall–Kier alpha value is -0.438. The second-order valence-electron chi connectivity index (χ2n) is 5.60. The van der Waals surface area contributed by atoms with Crippen molar-refractivity contribution in [2.24, 2.45) is 0 Å². The number of hydrogen-bond donors (Lipinski definition) is 0. The van der Waals surface area contributed by atoms with Crippen LogP contribution in [0, 0.1) is 0 Å². The summed E-state index contributed by atoms with van der Waals surface area (Å²) in [6.45, 7) is 14.0. The van der Waals surface area contributed by atoms with Crippen LogP contribution >= 0.6 is 0 Å². The lowest BCUT2D eigenvalue weighted by Gasteiger charge is -2.46. The van der Waals surface area contributed by atoms with Gasteiger partial charge in [-0.15, -0.1) is 0 Å². The summed E-state index contributed by atoms with van der Waals surface area (Å²) in [5.41, 5.74) is 1.34. The van der Waals surface area contributed by atoms with Crippen molar-refractivity contribution in [3.63, 3.8) is 0 Å². The van der Waals surface area contributed by atoms with Crippen LogP contribution in [-0.2, 0) is 0 Å². The van der Waals surface area contributed by atoms with E-state index in [1.54, 1.807) is 0 Å². The molecule has 1 aliphatic heterocycles. The summed E-state index contributed by atoms with van der Waals surface area (Å²) in [5.74, 6) is 0. The standard InChI is InChI=1S/C11H21BNSi/c1-10-8-7-9-13(12-10)14(5,6)11(2,3)4/h7-9H,1-6H3. The molecule has 3 heteroatoms. The molecular weight excluding hydrogens is 185 g/mol. The van der Waals surface area contributed by atoms with Gasteiger partial charge in [0.1, 0.15) is 8.24 Å². The van der Waals surface area contributed by atoms with E-state index in [-0.39, 0.29) is 0 Å². The minimum absolute atomic E-state index is 0.394. The van der Waals surface area contributed by atoms with Crippen LogP contribution in [0.2, 0.25) is 18.1 Å². The molecule has 0 spiro atoms. The third-order valence-electron chi connectivity index (χ3n) is 3.43. The molecular formula is C11H21BNSi. The predicted octanol–water partition coefficient (Wildman–Crippen LogP) is 3.34. The molecule has 1 rings (SSSR count). The molecule has 0 bridgehead atoms. The molecule has 0 aromatic heterocycles. The molecule has 1 radical (unpaired) electrons.